The van der Waals surface area contributed by atoms with Gasteiger partial charge in [0.25, 0.3) is 11.8 Å². The maximum atomic E-state index is 12.1. The van der Waals surface area contributed by atoms with Crippen molar-refractivity contribution in [2.75, 3.05) is 19.8 Å². The second-order valence-electron chi connectivity index (χ2n) is 4.45. The van der Waals surface area contributed by atoms with Gasteiger partial charge in [0, 0.05) is 0 Å². The van der Waals surface area contributed by atoms with Crippen molar-refractivity contribution in [3.05, 3.63) is 47.4 Å². The number of carbonyl (C=O) groups is 3. The molecule has 2 amide bonds. The molecule has 0 radical (unpaired) electrons. The number of benzene rings is 1. The number of hydrogen-bond acceptors (Lipinski definition) is 6. The first-order chi connectivity index (χ1) is 10.5. The van der Waals surface area contributed by atoms with Gasteiger partial charge in [-0.05, 0) is 19.1 Å². The number of rotatable bonds is 6. The van der Waals surface area contributed by atoms with Gasteiger partial charge in [0.15, 0.2) is 5.88 Å². The van der Waals surface area contributed by atoms with E-state index < -0.39 is 5.97 Å². The zero-order valence-electron chi connectivity index (χ0n) is 12.1. The highest BCUT2D eigenvalue weighted by atomic mass is 16.5. The number of imide groups is 1. The fourth-order valence-corrected chi connectivity index (χ4v) is 2.04. The van der Waals surface area contributed by atoms with Gasteiger partial charge in [-0.15, -0.1) is 0 Å². The lowest BCUT2D eigenvalue weighted by atomic mass is 10.1. The topological polar surface area (TPSA) is 98.9 Å². The molecule has 0 aliphatic carbocycles. The maximum Gasteiger partial charge on any atom is 0.336 e. The van der Waals surface area contributed by atoms with Gasteiger partial charge in [-0.25, -0.2) is 4.79 Å². The molecule has 1 heterocycles. The molecule has 0 saturated heterocycles. The van der Waals surface area contributed by atoms with Crippen LogP contribution in [0, 0.1) is 0 Å². The molecule has 0 aromatic heterocycles. The minimum absolute atomic E-state index is 0.00674. The molecule has 0 fully saturated rings. The second-order valence-corrected chi connectivity index (χ2v) is 4.45. The smallest absolute Gasteiger partial charge is 0.336 e. The van der Waals surface area contributed by atoms with Gasteiger partial charge >= 0.3 is 5.97 Å². The average molecular weight is 304 g/mol. The van der Waals surface area contributed by atoms with Crippen molar-refractivity contribution in [3.8, 4) is 0 Å². The van der Waals surface area contributed by atoms with Gasteiger partial charge in [-0.1, -0.05) is 12.1 Å². The highest BCUT2D eigenvalue weighted by Gasteiger charge is 2.34. The molecule has 116 valence electrons. The van der Waals surface area contributed by atoms with Crippen molar-refractivity contribution >= 4 is 17.8 Å². The largest absolute Gasteiger partial charge is 0.477 e. The summed E-state index contributed by atoms with van der Waals surface area (Å²) in [5, 5.41) is 0. The van der Waals surface area contributed by atoms with E-state index in [9.17, 15) is 14.4 Å². The van der Waals surface area contributed by atoms with Gasteiger partial charge in [0.2, 0.25) is 0 Å². The van der Waals surface area contributed by atoms with E-state index in [0.717, 1.165) is 11.0 Å². The summed E-state index contributed by atoms with van der Waals surface area (Å²) in [6.45, 7) is 1.94. The molecule has 0 unspecified atom stereocenters. The van der Waals surface area contributed by atoms with Crippen LogP contribution in [-0.2, 0) is 14.3 Å². The van der Waals surface area contributed by atoms with Gasteiger partial charge in [-0.2, -0.15) is 0 Å². The van der Waals surface area contributed by atoms with Crippen LogP contribution < -0.4 is 5.73 Å². The van der Waals surface area contributed by atoms with Crippen LogP contribution in [0.3, 0.4) is 0 Å². The number of ether oxygens (including phenoxy) is 2. The average Bonchev–Trinajstić information content (AvgIpc) is 2.73. The molecular weight excluding hydrogens is 288 g/mol. The Labute approximate surface area is 127 Å². The van der Waals surface area contributed by atoms with Crippen molar-refractivity contribution in [1.82, 2.24) is 4.90 Å². The predicted molar refractivity (Wildman–Crippen MR) is 76.7 cm³/mol. The van der Waals surface area contributed by atoms with E-state index in [2.05, 4.69) is 4.74 Å². The molecule has 7 heteroatoms. The van der Waals surface area contributed by atoms with Gasteiger partial charge < -0.3 is 15.2 Å². The third-order valence-electron chi connectivity index (χ3n) is 3.01. The third-order valence-corrected chi connectivity index (χ3v) is 3.01. The van der Waals surface area contributed by atoms with Crippen molar-refractivity contribution < 1.29 is 23.9 Å². The van der Waals surface area contributed by atoms with E-state index in [-0.39, 0.29) is 37.5 Å². The molecule has 1 aliphatic heterocycles. The Hall–Kier alpha value is -2.83. The Balaban J connectivity index is 1.90. The SMILES string of the molecule is CCOC(=O)/C=C(\N)OCCN1C(=O)c2ccccc2C1=O. The number of nitrogens with two attached hydrogens (primary N) is 1. The van der Waals surface area contributed by atoms with Crippen molar-refractivity contribution in [2.45, 2.75) is 6.92 Å². The van der Waals surface area contributed by atoms with Crippen molar-refractivity contribution in [3.63, 3.8) is 0 Å². The summed E-state index contributed by atoms with van der Waals surface area (Å²) in [7, 11) is 0. The number of fused-ring (bicyclic) bond motifs is 1. The summed E-state index contributed by atoms with van der Waals surface area (Å²) in [4.78, 5) is 36.4. The van der Waals surface area contributed by atoms with Crippen LogP contribution in [0.5, 0.6) is 0 Å². The summed E-state index contributed by atoms with van der Waals surface area (Å²) in [6.07, 6.45) is 1.01. The second kappa shape index (κ2) is 6.75. The summed E-state index contributed by atoms with van der Waals surface area (Å²) >= 11 is 0. The first-order valence-electron chi connectivity index (χ1n) is 6.76. The summed E-state index contributed by atoms with van der Waals surface area (Å²) < 4.78 is 9.78. The van der Waals surface area contributed by atoms with E-state index in [1.54, 1.807) is 31.2 Å². The lowest BCUT2D eigenvalue weighted by Gasteiger charge is -2.14. The van der Waals surface area contributed by atoms with E-state index in [1.807, 2.05) is 0 Å². The molecule has 2 rings (SSSR count). The highest BCUT2D eigenvalue weighted by Crippen LogP contribution is 2.21. The Morgan fingerprint density at radius 2 is 1.77 bits per heavy atom. The van der Waals surface area contributed by atoms with Crippen molar-refractivity contribution in [2.24, 2.45) is 5.73 Å². The summed E-state index contributed by atoms with van der Waals surface area (Å²) in [5.74, 6) is -1.47. The monoisotopic (exact) mass is 304 g/mol. The molecule has 0 bridgehead atoms. The maximum absolute atomic E-state index is 12.1. The molecular formula is C15H16N2O5. The van der Waals surface area contributed by atoms with Gasteiger partial charge in [0.1, 0.15) is 6.61 Å². The minimum atomic E-state index is -0.610. The standard InChI is InChI=1S/C15H16N2O5/c1-2-21-13(18)9-12(16)22-8-7-17-14(19)10-5-3-4-6-11(10)15(17)20/h3-6,9H,2,7-8,16H2,1H3/b12-9+. The Bertz CT molecular complexity index is 604. The zero-order chi connectivity index (χ0) is 16.1. The Morgan fingerprint density at radius 3 is 2.32 bits per heavy atom. The molecule has 1 aromatic carbocycles. The minimum Gasteiger partial charge on any atom is -0.477 e. The first kappa shape index (κ1) is 15.6. The van der Waals surface area contributed by atoms with E-state index in [4.69, 9.17) is 10.5 Å². The zero-order valence-corrected chi connectivity index (χ0v) is 12.1. The van der Waals surface area contributed by atoms with E-state index in [0.29, 0.717) is 11.1 Å². The number of hydrogen-bond donors (Lipinski definition) is 1. The van der Waals surface area contributed by atoms with Crippen LogP contribution in [-0.4, -0.2) is 42.4 Å². The highest BCUT2D eigenvalue weighted by molar-refractivity contribution is 6.21. The fourth-order valence-electron chi connectivity index (χ4n) is 2.04. The third kappa shape index (κ3) is 3.25. The normalized spacial score (nSPS) is 14.0. The number of esters is 1. The lowest BCUT2D eigenvalue weighted by Crippen LogP contribution is -2.33. The molecule has 22 heavy (non-hydrogen) atoms. The van der Waals surface area contributed by atoms with Crippen LogP contribution in [0.25, 0.3) is 0 Å². The molecule has 1 aromatic rings. The Morgan fingerprint density at radius 1 is 1.18 bits per heavy atom. The van der Waals surface area contributed by atoms with Crippen LogP contribution >= 0.6 is 0 Å². The first-order valence-corrected chi connectivity index (χ1v) is 6.76. The van der Waals surface area contributed by atoms with E-state index in [1.165, 1.54) is 0 Å². The summed E-state index contributed by atoms with van der Waals surface area (Å²) in [5.41, 5.74) is 6.25. The number of carbonyl (C=O) groups excluding carboxylic acids is 3. The molecule has 0 spiro atoms. The molecule has 0 atom stereocenters. The lowest BCUT2D eigenvalue weighted by molar-refractivity contribution is -0.137. The molecule has 1 aliphatic rings. The predicted octanol–water partition coefficient (Wildman–Crippen LogP) is 0.662. The summed E-state index contributed by atoms with van der Waals surface area (Å²) in [6, 6.07) is 6.60. The van der Waals surface area contributed by atoms with E-state index >= 15 is 0 Å². The van der Waals surface area contributed by atoms with Crippen LogP contribution in [0.15, 0.2) is 36.2 Å². The fraction of sp³-hybridized carbons (Fsp3) is 0.267. The number of nitrogens with zero attached hydrogens (tertiary/aromatic N) is 1. The van der Waals surface area contributed by atoms with Crippen LogP contribution in [0.4, 0.5) is 0 Å². The van der Waals surface area contributed by atoms with Gasteiger partial charge in [-0.3, -0.25) is 14.5 Å². The quantitative estimate of drug-likeness (QED) is 0.359. The van der Waals surface area contributed by atoms with Crippen molar-refractivity contribution in [1.29, 1.82) is 0 Å². The van der Waals surface area contributed by atoms with Gasteiger partial charge in [0.05, 0.1) is 30.4 Å². The van der Waals surface area contributed by atoms with Crippen LogP contribution in [0.2, 0.25) is 0 Å². The molecule has 2 N–H and O–H groups in total. The number of amides is 2. The Kier molecular flexibility index (Phi) is 4.77. The molecule has 7 nitrogen and oxygen atoms in total. The molecule has 0 saturated carbocycles. The van der Waals surface area contributed by atoms with Crippen LogP contribution in [0.1, 0.15) is 27.6 Å².